The Kier molecular flexibility index (Phi) is 5.47. The SMILES string of the molecule is CCCNCc1ccc(N2CC(C)CCC2C)cc1C. The van der Waals surface area contributed by atoms with E-state index in [1.165, 1.54) is 42.6 Å². The molecule has 2 nitrogen and oxygen atoms in total. The Bertz CT molecular complexity index is 427. The van der Waals surface area contributed by atoms with Crippen molar-refractivity contribution in [3.8, 4) is 0 Å². The Morgan fingerprint density at radius 2 is 2.05 bits per heavy atom. The monoisotopic (exact) mass is 274 g/mol. The first-order valence-corrected chi connectivity index (χ1v) is 8.18. The van der Waals surface area contributed by atoms with Gasteiger partial charge in [0.25, 0.3) is 0 Å². The van der Waals surface area contributed by atoms with Crippen LogP contribution < -0.4 is 10.2 Å². The lowest BCUT2D eigenvalue weighted by Gasteiger charge is -2.39. The summed E-state index contributed by atoms with van der Waals surface area (Å²) in [5.74, 6) is 0.817. The molecule has 0 amide bonds. The number of anilines is 1. The average Bonchev–Trinajstić information content (AvgIpc) is 2.43. The summed E-state index contributed by atoms with van der Waals surface area (Å²) < 4.78 is 0. The molecule has 0 aliphatic carbocycles. The van der Waals surface area contributed by atoms with Gasteiger partial charge in [0.15, 0.2) is 0 Å². The molecule has 0 saturated carbocycles. The topological polar surface area (TPSA) is 15.3 Å². The molecule has 1 aromatic carbocycles. The summed E-state index contributed by atoms with van der Waals surface area (Å²) >= 11 is 0. The highest BCUT2D eigenvalue weighted by Gasteiger charge is 2.23. The van der Waals surface area contributed by atoms with Gasteiger partial charge < -0.3 is 10.2 Å². The minimum absolute atomic E-state index is 0.676. The Labute approximate surface area is 124 Å². The number of hydrogen-bond acceptors (Lipinski definition) is 2. The zero-order valence-electron chi connectivity index (χ0n) is 13.6. The lowest BCUT2D eigenvalue weighted by molar-refractivity contribution is 0.390. The summed E-state index contributed by atoms with van der Waals surface area (Å²) in [6, 6.07) is 7.66. The molecule has 2 heteroatoms. The lowest BCUT2D eigenvalue weighted by atomic mass is 9.94. The van der Waals surface area contributed by atoms with Crippen LogP contribution in [0.1, 0.15) is 51.2 Å². The molecule has 1 N–H and O–H groups in total. The molecule has 1 aliphatic heterocycles. The normalized spacial score (nSPS) is 23.1. The van der Waals surface area contributed by atoms with Crippen molar-refractivity contribution in [1.29, 1.82) is 0 Å². The van der Waals surface area contributed by atoms with Gasteiger partial charge in [-0.15, -0.1) is 0 Å². The second kappa shape index (κ2) is 7.12. The summed E-state index contributed by atoms with van der Waals surface area (Å²) in [5, 5.41) is 3.49. The van der Waals surface area contributed by atoms with Gasteiger partial charge in [-0.05, 0) is 68.8 Å². The zero-order chi connectivity index (χ0) is 14.5. The van der Waals surface area contributed by atoms with Crippen LogP contribution in [-0.4, -0.2) is 19.1 Å². The molecule has 0 radical (unpaired) electrons. The van der Waals surface area contributed by atoms with Crippen LogP contribution in [0.5, 0.6) is 0 Å². The number of nitrogens with zero attached hydrogens (tertiary/aromatic N) is 1. The molecule has 1 saturated heterocycles. The van der Waals surface area contributed by atoms with Crippen LogP contribution in [0.15, 0.2) is 18.2 Å². The molecule has 112 valence electrons. The van der Waals surface area contributed by atoms with Crippen LogP contribution in [0, 0.1) is 12.8 Å². The molecule has 1 fully saturated rings. The first kappa shape index (κ1) is 15.4. The smallest absolute Gasteiger partial charge is 0.0371 e. The van der Waals surface area contributed by atoms with E-state index in [9.17, 15) is 0 Å². The van der Waals surface area contributed by atoms with Gasteiger partial charge >= 0.3 is 0 Å². The Balaban J connectivity index is 2.07. The van der Waals surface area contributed by atoms with Gasteiger partial charge in [0.05, 0.1) is 0 Å². The van der Waals surface area contributed by atoms with Gasteiger partial charge in [-0.2, -0.15) is 0 Å². The van der Waals surface area contributed by atoms with E-state index in [4.69, 9.17) is 0 Å². The number of hydrogen-bond donors (Lipinski definition) is 1. The molecule has 20 heavy (non-hydrogen) atoms. The van der Waals surface area contributed by atoms with Crippen molar-refractivity contribution in [3.05, 3.63) is 29.3 Å². The average molecular weight is 274 g/mol. The van der Waals surface area contributed by atoms with Crippen molar-refractivity contribution in [2.24, 2.45) is 5.92 Å². The highest BCUT2D eigenvalue weighted by molar-refractivity contribution is 5.52. The second-order valence-corrected chi connectivity index (χ2v) is 6.47. The fraction of sp³-hybridized carbons (Fsp3) is 0.667. The third-order valence-corrected chi connectivity index (χ3v) is 4.52. The molecule has 0 spiro atoms. The summed E-state index contributed by atoms with van der Waals surface area (Å²) in [5.41, 5.74) is 4.25. The van der Waals surface area contributed by atoms with Gasteiger partial charge in [0.1, 0.15) is 0 Å². The maximum absolute atomic E-state index is 3.49. The fourth-order valence-electron chi connectivity index (χ4n) is 3.11. The van der Waals surface area contributed by atoms with Crippen LogP contribution >= 0.6 is 0 Å². The molecular weight excluding hydrogens is 244 g/mol. The minimum atomic E-state index is 0.676. The molecule has 2 rings (SSSR count). The van der Waals surface area contributed by atoms with Gasteiger partial charge in [-0.25, -0.2) is 0 Å². The first-order valence-electron chi connectivity index (χ1n) is 8.18. The number of benzene rings is 1. The van der Waals surface area contributed by atoms with Crippen LogP contribution in [0.25, 0.3) is 0 Å². The lowest BCUT2D eigenvalue weighted by Crippen LogP contribution is -2.41. The summed E-state index contributed by atoms with van der Waals surface area (Å²) in [7, 11) is 0. The molecule has 2 unspecified atom stereocenters. The van der Waals surface area contributed by atoms with Crippen molar-refractivity contribution in [2.75, 3.05) is 18.0 Å². The van der Waals surface area contributed by atoms with Crippen molar-refractivity contribution in [3.63, 3.8) is 0 Å². The van der Waals surface area contributed by atoms with E-state index in [0.29, 0.717) is 6.04 Å². The first-order chi connectivity index (χ1) is 9.61. The second-order valence-electron chi connectivity index (χ2n) is 6.47. The number of aryl methyl sites for hydroxylation is 1. The number of rotatable bonds is 5. The van der Waals surface area contributed by atoms with Crippen molar-refractivity contribution in [2.45, 2.75) is 59.5 Å². The van der Waals surface area contributed by atoms with E-state index < -0.39 is 0 Å². The van der Waals surface area contributed by atoms with Gasteiger partial charge in [0, 0.05) is 24.8 Å². The van der Waals surface area contributed by atoms with Gasteiger partial charge in [-0.3, -0.25) is 0 Å². The van der Waals surface area contributed by atoms with Gasteiger partial charge in [0.2, 0.25) is 0 Å². The molecule has 1 heterocycles. The quantitative estimate of drug-likeness (QED) is 0.813. The largest absolute Gasteiger partial charge is 0.369 e. The van der Waals surface area contributed by atoms with Gasteiger partial charge in [-0.1, -0.05) is 19.9 Å². The minimum Gasteiger partial charge on any atom is -0.369 e. The molecule has 2 atom stereocenters. The third-order valence-electron chi connectivity index (χ3n) is 4.52. The highest BCUT2D eigenvalue weighted by Crippen LogP contribution is 2.28. The van der Waals surface area contributed by atoms with Crippen LogP contribution in [-0.2, 0) is 6.54 Å². The van der Waals surface area contributed by atoms with Crippen LogP contribution in [0.3, 0.4) is 0 Å². The zero-order valence-corrected chi connectivity index (χ0v) is 13.6. The standard InChI is InChI=1S/C18H30N2/c1-5-10-19-12-17-8-9-18(11-15(17)3)20-13-14(2)6-7-16(20)4/h8-9,11,14,16,19H,5-7,10,12-13H2,1-4H3. The van der Waals surface area contributed by atoms with Crippen molar-refractivity contribution < 1.29 is 0 Å². The van der Waals surface area contributed by atoms with E-state index in [1.807, 2.05) is 0 Å². The maximum Gasteiger partial charge on any atom is 0.0371 e. The number of piperidine rings is 1. The summed E-state index contributed by atoms with van der Waals surface area (Å²) in [6.45, 7) is 12.5. The van der Waals surface area contributed by atoms with Crippen molar-refractivity contribution in [1.82, 2.24) is 5.32 Å². The van der Waals surface area contributed by atoms with Crippen molar-refractivity contribution >= 4 is 5.69 Å². The fourth-order valence-corrected chi connectivity index (χ4v) is 3.11. The van der Waals surface area contributed by atoms with E-state index in [-0.39, 0.29) is 0 Å². The predicted molar refractivity (Wildman–Crippen MR) is 88.4 cm³/mol. The van der Waals surface area contributed by atoms with E-state index >= 15 is 0 Å². The third kappa shape index (κ3) is 3.76. The molecule has 1 aromatic rings. The molecule has 1 aliphatic rings. The molecular formula is C18H30N2. The Morgan fingerprint density at radius 3 is 2.75 bits per heavy atom. The van der Waals surface area contributed by atoms with E-state index in [0.717, 1.165) is 19.0 Å². The molecule has 0 bridgehead atoms. The summed E-state index contributed by atoms with van der Waals surface area (Å²) in [4.78, 5) is 2.59. The molecule has 0 aromatic heterocycles. The highest BCUT2D eigenvalue weighted by atomic mass is 15.2. The summed E-state index contributed by atoms with van der Waals surface area (Å²) in [6.07, 6.45) is 3.88. The maximum atomic E-state index is 3.49. The number of nitrogens with one attached hydrogen (secondary N) is 1. The van der Waals surface area contributed by atoms with Crippen LogP contribution in [0.2, 0.25) is 0 Å². The van der Waals surface area contributed by atoms with E-state index in [1.54, 1.807) is 0 Å². The van der Waals surface area contributed by atoms with E-state index in [2.05, 4.69) is 56.1 Å². The van der Waals surface area contributed by atoms with Crippen LogP contribution in [0.4, 0.5) is 5.69 Å². The predicted octanol–water partition coefficient (Wildman–Crippen LogP) is 4.12. The Morgan fingerprint density at radius 1 is 1.25 bits per heavy atom. The Hall–Kier alpha value is -1.02.